The molecule has 2 saturated heterocycles. The van der Waals surface area contributed by atoms with Gasteiger partial charge in [0, 0.05) is 31.9 Å². The van der Waals surface area contributed by atoms with Crippen molar-refractivity contribution in [3.05, 3.63) is 29.8 Å². The molecule has 2 fully saturated rings. The molecular weight excluding hydrogens is 224 g/mol. The molecule has 1 aromatic rings. The first-order chi connectivity index (χ1) is 8.93. The SMILES string of the molecule is c1cc(N2CCCCC2)ccc1C1CNCCO1. The van der Waals surface area contributed by atoms with Gasteiger partial charge in [0.05, 0.1) is 12.7 Å². The molecule has 98 valence electrons. The molecule has 2 aliphatic rings. The van der Waals surface area contributed by atoms with Crippen molar-refractivity contribution in [1.29, 1.82) is 0 Å². The van der Waals surface area contributed by atoms with E-state index in [-0.39, 0.29) is 6.10 Å². The predicted molar refractivity (Wildman–Crippen MR) is 74.1 cm³/mol. The van der Waals surface area contributed by atoms with Gasteiger partial charge in [-0.05, 0) is 37.0 Å². The third-order valence-corrected chi connectivity index (χ3v) is 3.91. The van der Waals surface area contributed by atoms with E-state index in [1.807, 2.05) is 0 Å². The molecule has 3 nitrogen and oxygen atoms in total. The zero-order valence-corrected chi connectivity index (χ0v) is 10.9. The summed E-state index contributed by atoms with van der Waals surface area (Å²) >= 11 is 0. The van der Waals surface area contributed by atoms with Gasteiger partial charge in [0.1, 0.15) is 0 Å². The van der Waals surface area contributed by atoms with Crippen LogP contribution in [0, 0.1) is 0 Å². The standard InChI is InChI=1S/C15H22N2O/c1-2-9-17(10-3-1)14-6-4-13(5-7-14)15-12-16-8-11-18-15/h4-7,15-16H,1-3,8-12H2. The molecule has 1 aromatic carbocycles. The molecule has 0 amide bonds. The van der Waals surface area contributed by atoms with E-state index in [1.165, 1.54) is 43.6 Å². The third kappa shape index (κ3) is 2.68. The molecule has 0 saturated carbocycles. The van der Waals surface area contributed by atoms with E-state index in [1.54, 1.807) is 0 Å². The molecule has 1 unspecified atom stereocenters. The lowest BCUT2D eigenvalue weighted by atomic mass is 10.1. The van der Waals surface area contributed by atoms with Gasteiger partial charge in [0.2, 0.25) is 0 Å². The van der Waals surface area contributed by atoms with Crippen molar-refractivity contribution < 1.29 is 4.74 Å². The third-order valence-electron chi connectivity index (χ3n) is 3.91. The number of ether oxygens (including phenoxy) is 1. The molecule has 3 heteroatoms. The first-order valence-electron chi connectivity index (χ1n) is 7.11. The van der Waals surface area contributed by atoms with Crippen LogP contribution < -0.4 is 10.2 Å². The first kappa shape index (κ1) is 12.0. The lowest BCUT2D eigenvalue weighted by Crippen LogP contribution is -2.33. The Kier molecular flexibility index (Phi) is 3.81. The maximum Gasteiger partial charge on any atom is 0.0949 e. The van der Waals surface area contributed by atoms with Crippen LogP contribution in [0.2, 0.25) is 0 Å². The van der Waals surface area contributed by atoms with Gasteiger partial charge in [-0.2, -0.15) is 0 Å². The number of benzene rings is 1. The van der Waals surface area contributed by atoms with Gasteiger partial charge >= 0.3 is 0 Å². The summed E-state index contributed by atoms with van der Waals surface area (Å²) in [5, 5.41) is 3.38. The molecule has 2 heterocycles. The number of nitrogens with zero attached hydrogens (tertiary/aromatic N) is 1. The van der Waals surface area contributed by atoms with Crippen LogP contribution in [-0.4, -0.2) is 32.8 Å². The number of anilines is 1. The highest BCUT2D eigenvalue weighted by Crippen LogP contribution is 2.24. The minimum Gasteiger partial charge on any atom is -0.372 e. The molecule has 0 spiro atoms. The second-order valence-electron chi connectivity index (χ2n) is 5.20. The zero-order chi connectivity index (χ0) is 12.2. The molecule has 1 N–H and O–H groups in total. The van der Waals surface area contributed by atoms with E-state index in [4.69, 9.17) is 4.74 Å². The number of piperidine rings is 1. The van der Waals surface area contributed by atoms with Crippen molar-refractivity contribution in [1.82, 2.24) is 5.32 Å². The molecule has 0 bridgehead atoms. The summed E-state index contributed by atoms with van der Waals surface area (Å²) in [5.74, 6) is 0. The Morgan fingerprint density at radius 2 is 1.83 bits per heavy atom. The number of rotatable bonds is 2. The normalized spacial score (nSPS) is 25.1. The van der Waals surface area contributed by atoms with E-state index < -0.39 is 0 Å². The van der Waals surface area contributed by atoms with Crippen LogP contribution in [0.5, 0.6) is 0 Å². The molecule has 0 aliphatic carbocycles. The fourth-order valence-electron chi connectivity index (χ4n) is 2.83. The van der Waals surface area contributed by atoms with Gasteiger partial charge in [0.25, 0.3) is 0 Å². The number of hydrogen-bond acceptors (Lipinski definition) is 3. The largest absolute Gasteiger partial charge is 0.372 e. The maximum atomic E-state index is 5.77. The summed E-state index contributed by atoms with van der Waals surface area (Å²) in [6.07, 6.45) is 4.28. The lowest BCUT2D eigenvalue weighted by Gasteiger charge is -2.29. The second-order valence-corrected chi connectivity index (χ2v) is 5.20. The van der Waals surface area contributed by atoms with Gasteiger partial charge in [-0.1, -0.05) is 12.1 Å². The second kappa shape index (κ2) is 5.72. The van der Waals surface area contributed by atoms with Crippen LogP contribution in [0.1, 0.15) is 30.9 Å². The van der Waals surface area contributed by atoms with Crippen molar-refractivity contribution in [3.63, 3.8) is 0 Å². The summed E-state index contributed by atoms with van der Waals surface area (Å²) in [6, 6.07) is 8.94. The van der Waals surface area contributed by atoms with Gasteiger partial charge in [0.15, 0.2) is 0 Å². The van der Waals surface area contributed by atoms with E-state index in [9.17, 15) is 0 Å². The Morgan fingerprint density at radius 3 is 2.50 bits per heavy atom. The monoisotopic (exact) mass is 246 g/mol. The fraction of sp³-hybridized carbons (Fsp3) is 0.600. The van der Waals surface area contributed by atoms with Gasteiger partial charge in [-0.15, -0.1) is 0 Å². The molecule has 0 radical (unpaired) electrons. The molecule has 2 aliphatic heterocycles. The highest BCUT2D eigenvalue weighted by molar-refractivity contribution is 5.48. The summed E-state index contributed by atoms with van der Waals surface area (Å²) in [4.78, 5) is 2.49. The van der Waals surface area contributed by atoms with E-state index in [0.29, 0.717) is 0 Å². The van der Waals surface area contributed by atoms with Crippen molar-refractivity contribution in [2.24, 2.45) is 0 Å². The molecular formula is C15H22N2O. The van der Waals surface area contributed by atoms with E-state index in [2.05, 4.69) is 34.5 Å². The molecule has 0 aromatic heterocycles. The Hall–Kier alpha value is -1.06. The maximum absolute atomic E-state index is 5.77. The average molecular weight is 246 g/mol. The first-order valence-corrected chi connectivity index (χ1v) is 7.11. The zero-order valence-electron chi connectivity index (χ0n) is 10.9. The van der Waals surface area contributed by atoms with Crippen LogP contribution in [0.3, 0.4) is 0 Å². The summed E-state index contributed by atoms with van der Waals surface area (Å²) in [5.41, 5.74) is 2.66. The van der Waals surface area contributed by atoms with Crippen LogP contribution in [-0.2, 0) is 4.74 Å². The van der Waals surface area contributed by atoms with Crippen molar-refractivity contribution in [2.75, 3.05) is 37.7 Å². The minimum absolute atomic E-state index is 0.231. The number of hydrogen-bond donors (Lipinski definition) is 1. The topological polar surface area (TPSA) is 24.5 Å². The highest BCUT2D eigenvalue weighted by atomic mass is 16.5. The van der Waals surface area contributed by atoms with E-state index in [0.717, 1.165) is 19.7 Å². The van der Waals surface area contributed by atoms with Gasteiger partial charge in [-0.3, -0.25) is 0 Å². The molecule has 18 heavy (non-hydrogen) atoms. The van der Waals surface area contributed by atoms with Crippen molar-refractivity contribution in [2.45, 2.75) is 25.4 Å². The smallest absolute Gasteiger partial charge is 0.0949 e. The number of morpholine rings is 1. The minimum atomic E-state index is 0.231. The van der Waals surface area contributed by atoms with Crippen molar-refractivity contribution >= 4 is 5.69 Å². The summed E-state index contributed by atoms with van der Waals surface area (Å²) in [6.45, 7) is 5.14. The highest BCUT2D eigenvalue weighted by Gasteiger charge is 2.16. The Labute approximate surface area is 109 Å². The Balaban J connectivity index is 1.67. The van der Waals surface area contributed by atoms with Crippen LogP contribution in [0.15, 0.2) is 24.3 Å². The Bertz CT molecular complexity index is 328. The molecule has 3 rings (SSSR count). The van der Waals surface area contributed by atoms with Crippen LogP contribution in [0.4, 0.5) is 5.69 Å². The van der Waals surface area contributed by atoms with Crippen LogP contribution >= 0.6 is 0 Å². The fourth-order valence-corrected chi connectivity index (χ4v) is 2.83. The average Bonchev–Trinajstić information content (AvgIpc) is 2.49. The quantitative estimate of drug-likeness (QED) is 0.867. The summed E-state index contributed by atoms with van der Waals surface area (Å²) in [7, 11) is 0. The predicted octanol–water partition coefficient (Wildman–Crippen LogP) is 2.34. The van der Waals surface area contributed by atoms with Gasteiger partial charge < -0.3 is 15.0 Å². The Morgan fingerprint density at radius 1 is 1.06 bits per heavy atom. The lowest BCUT2D eigenvalue weighted by molar-refractivity contribution is 0.0277. The molecule has 1 atom stereocenters. The van der Waals surface area contributed by atoms with E-state index >= 15 is 0 Å². The number of nitrogens with one attached hydrogen (secondary N) is 1. The van der Waals surface area contributed by atoms with Crippen molar-refractivity contribution in [3.8, 4) is 0 Å². The van der Waals surface area contributed by atoms with Gasteiger partial charge in [-0.25, -0.2) is 0 Å². The van der Waals surface area contributed by atoms with Crippen LogP contribution in [0.25, 0.3) is 0 Å². The summed E-state index contributed by atoms with van der Waals surface area (Å²) < 4.78 is 5.77.